The van der Waals surface area contributed by atoms with Gasteiger partial charge >= 0.3 is 0 Å². The Bertz CT molecular complexity index is 648. The van der Waals surface area contributed by atoms with E-state index in [1.54, 1.807) is 0 Å². The zero-order chi connectivity index (χ0) is 12.8. The van der Waals surface area contributed by atoms with Crippen LogP contribution in [0.25, 0.3) is 5.70 Å². The highest BCUT2D eigenvalue weighted by molar-refractivity contribution is 5.83. The third kappa shape index (κ3) is 1.45. The van der Waals surface area contributed by atoms with Crippen LogP contribution in [0.15, 0.2) is 60.8 Å². The molecule has 0 amide bonds. The minimum absolute atomic E-state index is 0.188. The lowest BCUT2D eigenvalue weighted by Gasteiger charge is -2.25. The molecule has 2 aliphatic heterocycles. The van der Waals surface area contributed by atoms with Crippen LogP contribution in [-0.4, -0.2) is 18.2 Å². The molecule has 19 heavy (non-hydrogen) atoms. The summed E-state index contributed by atoms with van der Waals surface area (Å²) in [6.45, 7) is 0. The molecule has 2 aromatic rings. The summed E-state index contributed by atoms with van der Waals surface area (Å²) >= 11 is 0. The van der Waals surface area contributed by atoms with Gasteiger partial charge in [-0.1, -0.05) is 42.5 Å². The Morgan fingerprint density at radius 1 is 0.947 bits per heavy atom. The first-order chi connectivity index (χ1) is 9.34. The number of rotatable bonds is 1. The molecular weight excluding hydrogens is 234 g/mol. The third-order valence-electron chi connectivity index (χ3n) is 3.81. The number of benzene rings is 2. The summed E-state index contributed by atoms with van der Waals surface area (Å²) < 4.78 is 0. The summed E-state index contributed by atoms with van der Waals surface area (Å²) in [4.78, 5) is 4.56. The highest BCUT2D eigenvalue weighted by atomic mass is 15.5. The molecule has 0 spiro atoms. The second kappa shape index (κ2) is 3.79. The minimum atomic E-state index is 0.188. The summed E-state index contributed by atoms with van der Waals surface area (Å²) in [6.07, 6.45) is 2.41. The Morgan fingerprint density at radius 3 is 2.53 bits per heavy atom. The zero-order valence-electron chi connectivity index (χ0n) is 10.7. The minimum Gasteiger partial charge on any atom is -0.346 e. The zero-order valence-corrected chi connectivity index (χ0v) is 10.7. The van der Waals surface area contributed by atoms with E-state index in [0.29, 0.717) is 0 Å². The van der Waals surface area contributed by atoms with Gasteiger partial charge in [-0.15, -0.1) is 0 Å². The van der Waals surface area contributed by atoms with Crippen LogP contribution in [0.4, 0.5) is 11.4 Å². The second-order valence-electron chi connectivity index (χ2n) is 4.93. The van der Waals surface area contributed by atoms with Gasteiger partial charge in [0.1, 0.15) is 0 Å². The van der Waals surface area contributed by atoms with E-state index in [1.807, 2.05) is 6.07 Å². The molecule has 1 N–H and O–H groups in total. The van der Waals surface area contributed by atoms with Crippen LogP contribution in [-0.2, 0) is 0 Å². The van der Waals surface area contributed by atoms with E-state index in [-0.39, 0.29) is 6.29 Å². The number of fused-ring (bicyclic) bond motifs is 3. The van der Waals surface area contributed by atoms with Crippen molar-refractivity contribution in [3.05, 3.63) is 66.4 Å². The van der Waals surface area contributed by atoms with Crippen molar-refractivity contribution in [1.82, 2.24) is 4.90 Å². The van der Waals surface area contributed by atoms with Gasteiger partial charge in [0.2, 0.25) is 0 Å². The Kier molecular flexibility index (Phi) is 2.09. The lowest BCUT2D eigenvalue weighted by molar-refractivity contribution is 0.418. The molecule has 2 aromatic carbocycles. The summed E-state index contributed by atoms with van der Waals surface area (Å²) in [5.41, 5.74) is 4.93. The third-order valence-corrected chi connectivity index (χ3v) is 3.81. The smallest absolute Gasteiger partial charge is 0.182 e. The SMILES string of the molecule is CN1C(c2ccccc2)=CN2c3ccccc3NC12. The summed E-state index contributed by atoms with van der Waals surface area (Å²) in [7, 11) is 2.13. The van der Waals surface area contributed by atoms with Gasteiger partial charge in [-0.05, 0) is 17.7 Å². The van der Waals surface area contributed by atoms with Crippen molar-refractivity contribution in [2.75, 3.05) is 17.3 Å². The Balaban J connectivity index is 1.78. The van der Waals surface area contributed by atoms with Crippen LogP contribution >= 0.6 is 0 Å². The highest BCUT2D eigenvalue weighted by Gasteiger charge is 2.36. The lowest BCUT2D eigenvalue weighted by Crippen LogP contribution is -2.39. The summed E-state index contributed by atoms with van der Waals surface area (Å²) in [5, 5.41) is 3.55. The first-order valence-electron chi connectivity index (χ1n) is 6.48. The fourth-order valence-electron chi connectivity index (χ4n) is 2.83. The number of anilines is 2. The fraction of sp³-hybridized carbons (Fsp3) is 0.125. The molecule has 1 unspecified atom stereocenters. The lowest BCUT2D eigenvalue weighted by atomic mass is 10.1. The van der Waals surface area contributed by atoms with Crippen LogP contribution in [0.1, 0.15) is 5.56 Å². The number of nitrogens with zero attached hydrogens (tertiary/aromatic N) is 2. The average Bonchev–Trinajstić information content (AvgIpc) is 2.98. The molecule has 3 heteroatoms. The van der Waals surface area contributed by atoms with E-state index in [4.69, 9.17) is 0 Å². The maximum atomic E-state index is 3.55. The van der Waals surface area contributed by atoms with Gasteiger partial charge in [-0.25, -0.2) is 0 Å². The molecule has 4 rings (SSSR count). The van der Waals surface area contributed by atoms with Crippen molar-refractivity contribution in [1.29, 1.82) is 0 Å². The van der Waals surface area contributed by atoms with E-state index in [1.165, 1.54) is 22.6 Å². The Morgan fingerprint density at radius 2 is 1.68 bits per heavy atom. The molecule has 0 saturated carbocycles. The van der Waals surface area contributed by atoms with E-state index in [0.717, 1.165) is 0 Å². The predicted octanol–water partition coefficient (Wildman–Crippen LogP) is 3.15. The van der Waals surface area contributed by atoms with Crippen LogP contribution in [0.2, 0.25) is 0 Å². The predicted molar refractivity (Wildman–Crippen MR) is 78.5 cm³/mol. The molecule has 0 saturated heterocycles. The van der Waals surface area contributed by atoms with E-state index in [2.05, 4.69) is 76.9 Å². The van der Waals surface area contributed by atoms with Crippen molar-refractivity contribution in [2.45, 2.75) is 6.29 Å². The molecule has 0 fully saturated rings. The van der Waals surface area contributed by atoms with E-state index < -0.39 is 0 Å². The second-order valence-corrected chi connectivity index (χ2v) is 4.93. The number of nitrogens with one attached hydrogen (secondary N) is 1. The van der Waals surface area contributed by atoms with Gasteiger partial charge in [0.05, 0.1) is 17.1 Å². The molecule has 0 aliphatic carbocycles. The molecule has 0 radical (unpaired) electrons. The van der Waals surface area contributed by atoms with Gasteiger partial charge in [0.25, 0.3) is 0 Å². The maximum Gasteiger partial charge on any atom is 0.182 e. The summed E-state index contributed by atoms with van der Waals surface area (Å²) in [6, 6.07) is 18.9. The van der Waals surface area contributed by atoms with Crippen LogP contribution in [0, 0.1) is 0 Å². The Hall–Kier alpha value is -2.42. The van der Waals surface area contributed by atoms with Gasteiger partial charge in [0, 0.05) is 13.2 Å². The van der Waals surface area contributed by atoms with Crippen molar-refractivity contribution in [3.63, 3.8) is 0 Å². The van der Waals surface area contributed by atoms with E-state index in [9.17, 15) is 0 Å². The average molecular weight is 249 g/mol. The van der Waals surface area contributed by atoms with Gasteiger partial charge in [-0.3, -0.25) is 0 Å². The van der Waals surface area contributed by atoms with Crippen molar-refractivity contribution < 1.29 is 0 Å². The van der Waals surface area contributed by atoms with Gasteiger partial charge in [-0.2, -0.15) is 0 Å². The molecule has 1 atom stereocenters. The molecule has 3 nitrogen and oxygen atoms in total. The van der Waals surface area contributed by atoms with Crippen molar-refractivity contribution in [2.24, 2.45) is 0 Å². The summed E-state index contributed by atoms with van der Waals surface area (Å²) in [5.74, 6) is 0. The van der Waals surface area contributed by atoms with Crippen LogP contribution in [0.5, 0.6) is 0 Å². The first-order valence-corrected chi connectivity index (χ1v) is 6.48. The molecule has 94 valence electrons. The molecule has 0 bridgehead atoms. The quantitative estimate of drug-likeness (QED) is 0.837. The molecular formula is C16H15N3. The molecule has 2 aliphatic rings. The largest absolute Gasteiger partial charge is 0.346 e. The maximum absolute atomic E-state index is 3.55. The van der Waals surface area contributed by atoms with Crippen molar-refractivity contribution in [3.8, 4) is 0 Å². The van der Waals surface area contributed by atoms with Gasteiger partial charge in [0.15, 0.2) is 6.29 Å². The van der Waals surface area contributed by atoms with E-state index >= 15 is 0 Å². The number of hydrogen-bond acceptors (Lipinski definition) is 3. The van der Waals surface area contributed by atoms with Crippen LogP contribution in [0.3, 0.4) is 0 Å². The topological polar surface area (TPSA) is 18.5 Å². The van der Waals surface area contributed by atoms with Gasteiger partial charge < -0.3 is 15.1 Å². The number of hydrogen-bond donors (Lipinski definition) is 1. The highest BCUT2D eigenvalue weighted by Crippen LogP contribution is 2.41. The first kappa shape index (κ1) is 10.5. The number of para-hydroxylation sites is 2. The standard InChI is InChI=1S/C16H15N3/c1-18-15(12-7-3-2-4-8-12)11-19-14-10-6-5-9-13(14)17-16(18)19/h2-11,16-17H,1H3. The van der Waals surface area contributed by atoms with Crippen LogP contribution < -0.4 is 10.2 Å². The monoisotopic (exact) mass is 249 g/mol. The molecule has 2 heterocycles. The van der Waals surface area contributed by atoms with Crippen molar-refractivity contribution >= 4 is 17.1 Å². The normalized spacial score (nSPS) is 19.8. The fourth-order valence-corrected chi connectivity index (χ4v) is 2.83. The molecule has 0 aromatic heterocycles. The Labute approximate surface area is 112 Å².